The molecule has 1 saturated heterocycles. The van der Waals surface area contributed by atoms with E-state index in [9.17, 15) is 4.79 Å². The Morgan fingerprint density at radius 3 is 2.65 bits per heavy atom. The van der Waals surface area contributed by atoms with Gasteiger partial charge in [0.2, 0.25) is 5.91 Å². The molecular weight excluding hydrogens is 372 g/mol. The molecule has 1 aromatic carbocycles. The van der Waals surface area contributed by atoms with E-state index in [4.69, 9.17) is 0 Å². The van der Waals surface area contributed by atoms with E-state index in [-0.39, 0.29) is 0 Å². The normalized spacial score (nSPS) is 15.8. The van der Waals surface area contributed by atoms with Crippen LogP contribution in [0.15, 0.2) is 33.6 Å². The smallest absolute Gasteiger partial charge is 0.222 e. The maximum absolute atomic E-state index is 12.3. The number of rotatable bonds is 8. The van der Waals surface area contributed by atoms with Gasteiger partial charge in [0.1, 0.15) is 0 Å². The zero-order valence-corrected chi connectivity index (χ0v) is 16.3. The zero-order chi connectivity index (χ0) is 16.5. The lowest BCUT2D eigenvalue weighted by Crippen LogP contribution is -2.40. The molecule has 0 radical (unpaired) electrons. The van der Waals surface area contributed by atoms with Gasteiger partial charge in [-0.05, 0) is 68.3 Å². The summed E-state index contributed by atoms with van der Waals surface area (Å²) in [5.41, 5.74) is 0. The monoisotopic (exact) mass is 398 g/mol. The SMILES string of the molecule is CCNCC1CCN(C(=O)CCCSc2ccc(Br)cc2)CC1. The maximum Gasteiger partial charge on any atom is 0.222 e. The van der Waals surface area contributed by atoms with Gasteiger partial charge in [-0.2, -0.15) is 0 Å². The fourth-order valence-corrected chi connectivity index (χ4v) is 3.95. The van der Waals surface area contributed by atoms with Gasteiger partial charge in [-0.1, -0.05) is 22.9 Å². The predicted molar refractivity (Wildman–Crippen MR) is 102 cm³/mol. The number of hydrogen-bond donors (Lipinski definition) is 1. The Hall–Kier alpha value is -0.520. The van der Waals surface area contributed by atoms with E-state index in [2.05, 4.69) is 57.3 Å². The topological polar surface area (TPSA) is 32.3 Å². The first-order chi connectivity index (χ1) is 11.2. The molecule has 1 fully saturated rings. The van der Waals surface area contributed by atoms with Crippen LogP contribution in [0.4, 0.5) is 0 Å². The third-order valence-electron chi connectivity index (χ3n) is 4.27. The molecule has 0 saturated carbocycles. The van der Waals surface area contributed by atoms with Crippen molar-refractivity contribution in [2.75, 3.05) is 31.9 Å². The van der Waals surface area contributed by atoms with E-state index >= 15 is 0 Å². The number of thioether (sulfide) groups is 1. The lowest BCUT2D eigenvalue weighted by molar-refractivity contribution is -0.132. The molecule has 0 atom stereocenters. The van der Waals surface area contributed by atoms with Gasteiger partial charge in [0.15, 0.2) is 0 Å². The van der Waals surface area contributed by atoms with Crippen LogP contribution < -0.4 is 5.32 Å². The molecule has 0 aromatic heterocycles. The fourth-order valence-electron chi connectivity index (χ4n) is 2.84. The number of carbonyl (C=O) groups excluding carboxylic acids is 1. The second kappa shape index (κ2) is 10.4. The highest BCUT2D eigenvalue weighted by Crippen LogP contribution is 2.22. The molecule has 2 rings (SSSR count). The van der Waals surface area contributed by atoms with Crippen molar-refractivity contribution in [1.29, 1.82) is 0 Å². The van der Waals surface area contributed by atoms with Crippen molar-refractivity contribution in [2.24, 2.45) is 5.92 Å². The number of nitrogens with zero attached hydrogens (tertiary/aromatic N) is 1. The molecule has 1 amide bonds. The van der Waals surface area contributed by atoms with Crippen molar-refractivity contribution in [3.63, 3.8) is 0 Å². The van der Waals surface area contributed by atoms with Gasteiger partial charge in [0.05, 0.1) is 0 Å². The van der Waals surface area contributed by atoms with E-state index in [1.54, 1.807) is 0 Å². The van der Waals surface area contributed by atoms with E-state index in [0.29, 0.717) is 12.3 Å². The molecule has 23 heavy (non-hydrogen) atoms. The number of halogens is 1. The number of carbonyl (C=O) groups is 1. The highest BCUT2D eigenvalue weighted by molar-refractivity contribution is 9.10. The molecule has 1 aliphatic heterocycles. The van der Waals surface area contributed by atoms with Crippen molar-refractivity contribution in [2.45, 2.75) is 37.5 Å². The Balaban J connectivity index is 1.59. The van der Waals surface area contributed by atoms with Crippen LogP contribution in [0.1, 0.15) is 32.6 Å². The summed E-state index contributed by atoms with van der Waals surface area (Å²) in [5.74, 6) is 2.08. The Kier molecular flexibility index (Phi) is 8.48. The number of likely N-dealkylation sites (tertiary alicyclic amines) is 1. The Bertz CT molecular complexity index is 472. The molecule has 1 N–H and O–H groups in total. The summed E-state index contributed by atoms with van der Waals surface area (Å²) >= 11 is 5.27. The van der Waals surface area contributed by atoms with Crippen LogP contribution in [0.3, 0.4) is 0 Å². The van der Waals surface area contributed by atoms with Gasteiger partial charge in [-0.3, -0.25) is 4.79 Å². The highest BCUT2D eigenvalue weighted by atomic mass is 79.9. The lowest BCUT2D eigenvalue weighted by atomic mass is 9.96. The molecule has 0 unspecified atom stereocenters. The van der Waals surface area contributed by atoms with Crippen LogP contribution in [-0.4, -0.2) is 42.7 Å². The number of hydrogen-bond acceptors (Lipinski definition) is 3. The van der Waals surface area contributed by atoms with Crippen molar-refractivity contribution in [3.8, 4) is 0 Å². The van der Waals surface area contributed by atoms with Gasteiger partial charge in [0, 0.05) is 28.9 Å². The van der Waals surface area contributed by atoms with Gasteiger partial charge in [-0.25, -0.2) is 0 Å². The Labute approximate surface area is 152 Å². The molecule has 0 bridgehead atoms. The summed E-state index contributed by atoms with van der Waals surface area (Å²) in [7, 11) is 0. The second-order valence-corrected chi connectivity index (χ2v) is 8.12. The van der Waals surface area contributed by atoms with Crippen LogP contribution in [0, 0.1) is 5.92 Å². The van der Waals surface area contributed by atoms with Crippen molar-refractivity contribution in [1.82, 2.24) is 10.2 Å². The van der Waals surface area contributed by atoms with Crippen LogP contribution >= 0.6 is 27.7 Å². The van der Waals surface area contributed by atoms with E-state index in [1.165, 1.54) is 4.90 Å². The largest absolute Gasteiger partial charge is 0.343 e. The van der Waals surface area contributed by atoms with Crippen molar-refractivity contribution >= 4 is 33.6 Å². The van der Waals surface area contributed by atoms with Crippen molar-refractivity contribution < 1.29 is 4.79 Å². The quantitative estimate of drug-likeness (QED) is 0.526. The fraction of sp³-hybridized carbons (Fsp3) is 0.611. The minimum atomic E-state index is 0.336. The average molecular weight is 399 g/mol. The third kappa shape index (κ3) is 6.86. The standard InChI is InChI=1S/C18H27BrN2OS/c1-2-20-14-15-9-11-21(12-10-15)18(22)4-3-13-23-17-7-5-16(19)6-8-17/h5-8,15,20H,2-4,9-14H2,1H3. The third-order valence-corrected chi connectivity index (χ3v) is 5.89. The second-order valence-electron chi connectivity index (χ2n) is 6.04. The molecule has 5 heteroatoms. The Morgan fingerprint density at radius 1 is 1.30 bits per heavy atom. The Morgan fingerprint density at radius 2 is 2.00 bits per heavy atom. The molecule has 1 heterocycles. The van der Waals surface area contributed by atoms with Crippen LogP contribution in [-0.2, 0) is 4.79 Å². The number of amides is 1. The van der Waals surface area contributed by atoms with E-state index < -0.39 is 0 Å². The molecule has 0 spiro atoms. The molecular formula is C18H27BrN2OS. The van der Waals surface area contributed by atoms with Gasteiger partial charge < -0.3 is 10.2 Å². The minimum absolute atomic E-state index is 0.336. The maximum atomic E-state index is 12.3. The van der Waals surface area contributed by atoms with E-state index in [1.807, 2.05) is 11.8 Å². The lowest BCUT2D eigenvalue weighted by Gasteiger charge is -2.32. The zero-order valence-electron chi connectivity index (χ0n) is 13.9. The number of nitrogens with one attached hydrogen (secondary N) is 1. The molecule has 1 aliphatic rings. The summed E-state index contributed by atoms with van der Waals surface area (Å²) < 4.78 is 1.11. The van der Waals surface area contributed by atoms with Crippen LogP contribution in [0.25, 0.3) is 0 Å². The summed E-state index contributed by atoms with van der Waals surface area (Å²) in [5, 5.41) is 3.41. The van der Waals surface area contributed by atoms with Gasteiger partial charge >= 0.3 is 0 Å². The highest BCUT2D eigenvalue weighted by Gasteiger charge is 2.21. The summed E-state index contributed by atoms with van der Waals surface area (Å²) in [6, 6.07) is 8.35. The predicted octanol–water partition coefficient (Wildman–Crippen LogP) is 4.17. The minimum Gasteiger partial charge on any atom is -0.343 e. The number of piperidine rings is 1. The first-order valence-electron chi connectivity index (χ1n) is 8.56. The van der Waals surface area contributed by atoms with Crippen molar-refractivity contribution in [3.05, 3.63) is 28.7 Å². The van der Waals surface area contributed by atoms with Gasteiger partial charge in [-0.15, -0.1) is 11.8 Å². The first-order valence-corrected chi connectivity index (χ1v) is 10.3. The molecule has 128 valence electrons. The number of benzene rings is 1. The summed E-state index contributed by atoms with van der Waals surface area (Å²) in [4.78, 5) is 15.6. The summed E-state index contributed by atoms with van der Waals surface area (Å²) in [6.45, 7) is 6.16. The first kappa shape index (κ1) is 18.8. The van der Waals surface area contributed by atoms with Crippen LogP contribution in [0.2, 0.25) is 0 Å². The van der Waals surface area contributed by atoms with Gasteiger partial charge in [0.25, 0.3) is 0 Å². The molecule has 3 nitrogen and oxygen atoms in total. The van der Waals surface area contributed by atoms with E-state index in [0.717, 1.165) is 61.6 Å². The average Bonchev–Trinajstić information content (AvgIpc) is 2.58. The summed E-state index contributed by atoms with van der Waals surface area (Å²) in [6.07, 6.45) is 3.93. The molecule has 0 aliphatic carbocycles. The van der Waals surface area contributed by atoms with Crippen LogP contribution in [0.5, 0.6) is 0 Å². The molecule has 1 aromatic rings.